The Labute approximate surface area is 152 Å². The molecule has 4 rings (SSSR count). The molecule has 0 spiro atoms. The topological polar surface area (TPSA) is 116 Å². The van der Waals surface area contributed by atoms with Crippen molar-refractivity contribution in [2.75, 3.05) is 23.4 Å². The van der Waals surface area contributed by atoms with E-state index in [1.54, 1.807) is 6.20 Å². The third-order valence-corrected chi connectivity index (χ3v) is 5.42. The summed E-state index contributed by atoms with van der Waals surface area (Å²) in [7, 11) is 2.24. The van der Waals surface area contributed by atoms with E-state index >= 15 is 0 Å². The Hall–Kier alpha value is -2.92. The summed E-state index contributed by atoms with van der Waals surface area (Å²) in [6.07, 6.45) is 9.43. The lowest BCUT2D eigenvalue weighted by Gasteiger charge is -2.37. The molecular formula is C18H22N8. The van der Waals surface area contributed by atoms with Crippen molar-refractivity contribution in [3.63, 3.8) is 0 Å². The number of aromatic nitrogens is 3. The molecule has 2 aromatic heterocycles. The van der Waals surface area contributed by atoms with Crippen molar-refractivity contribution in [2.24, 2.45) is 0 Å². The van der Waals surface area contributed by atoms with Gasteiger partial charge in [-0.1, -0.05) is 0 Å². The molecule has 2 aromatic rings. The van der Waals surface area contributed by atoms with Gasteiger partial charge < -0.3 is 21.3 Å². The molecular weight excluding hydrogens is 328 g/mol. The van der Waals surface area contributed by atoms with Gasteiger partial charge in [-0.15, -0.1) is 0 Å². The predicted molar refractivity (Wildman–Crippen MR) is 99.9 cm³/mol. The summed E-state index contributed by atoms with van der Waals surface area (Å²) in [4.78, 5) is 15.0. The van der Waals surface area contributed by atoms with Crippen LogP contribution in [0.2, 0.25) is 0 Å². The molecule has 0 saturated carbocycles. The quantitative estimate of drug-likeness (QED) is 0.768. The Morgan fingerprint density at radius 2 is 1.85 bits per heavy atom. The summed E-state index contributed by atoms with van der Waals surface area (Å²) in [5.74, 6) is 1.17. The predicted octanol–water partition coefficient (Wildman–Crippen LogP) is 2.11. The van der Waals surface area contributed by atoms with E-state index in [0.717, 1.165) is 18.5 Å². The number of nitrogen functional groups attached to an aromatic ring is 1. The van der Waals surface area contributed by atoms with Crippen LogP contribution in [0.25, 0.3) is 0 Å². The van der Waals surface area contributed by atoms with Crippen LogP contribution in [0.15, 0.2) is 24.7 Å². The van der Waals surface area contributed by atoms with E-state index in [4.69, 9.17) is 11.0 Å². The molecule has 0 aliphatic carbocycles. The average molecular weight is 350 g/mol. The highest BCUT2D eigenvalue weighted by Crippen LogP contribution is 2.36. The molecule has 8 nitrogen and oxygen atoms in total. The smallest absolute Gasteiger partial charge is 0.158 e. The van der Waals surface area contributed by atoms with Gasteiger partial charge >= 0.3 is 0 Å². The fourth-order valence-corrected chi connectivity index (χ4v) is 3.99. The van der Waals surface area contributed by atoms with Crippen LogP contribution < -0.4 is 16.4 Å². The summed E-state index contributed by atoms with van der Waals surface area (Å²) < 4.78 is 0. The number of anilines is 4. The summed E-state index contributed by atoms with van der Waals surface area (Å²) >= 11 is 0. The minimum Gasteiger partial charge on any atom is -0.396 e. The monoisotopic (exact) mass is 350 g/mol. The maximum Gasteiger partial charge on any atom is 0.158 e. The number of rotatable bonds is 4. The number of piperidine rings is 1. The fourth-order valence-electron chi connectivity index (χ4n) is 3.99. The molecule has 134 valence electrons. The highest BCUT2D eigenvalue weighted by Gasteiger charge is 2.38. The Balaban J connectivity index is 1.47. The minimum atomic E-state index is 0.278. The Morgan fingerprint density at radius 3 is 2.50 bits per heavy atom. The average Bonchev–Trinajstić information content (AvgIpc) is 2.86. The van der Waals surface area contributed by atoms with Crippen molar-refractivity contribution in [1.82, 2.24) is 19.9 Å². The molecule has 2 atom stereocenters. The zero-order valence-corrected chi connectivity index (χ0v) is 14.7. The second kappa shape index (κ2) is 6.77. The third-order valence-electron chi connectivity index (χ3n) is 5.42. The van der Waals surface area contributed by atoms with Gasteiger partial charge in [0.15, 0.2) is 5.69 Å². The van der Waals surface area contributed by atoms with E-state index in [0.29, 0.717) is 35.4 Å². The highest BCUT2D eigenvalue weighted by atomic mass is 15.2. The SMILES string of the molecule is CN1C2CCC1CC(Nc1cc(Nc3cnc(C#N)cn3)ncc1N)C2. The van der Waals surface area contributed by atoms with Crippen LogP contribution in [-0.2, 0) is 0 Å². The van der Waals surface area contributed by atoms with Crippen LogP contribution in [-0.4, -0.2) is 45.0 Å². The first kappa shape index (κ1) is 16.5. The van der Waals surface area contributed by atoms with E-state index in [1.807, 2.05) is 12.1 Å². The molecule has 2 bridgehead atoms. The fraction of sp³-hybridized carbons (Fsp3) is 0.444. The number of fused-ring (bicyclic) bond motifs is 2. The van der Waals surface area contributed by atoms with Gasteiger partial charge in [-0.2, -0.15) is 5.26 Å². The molecule has 8 heteroatoms. The van der Waals surface area contributed by atoms with E-state index in [9.17, 15) is 0 Å². The second-order valence-electron chi connectivity index (χ2n) is 7.04. The molecule has 2 fully saturated rings. The molecule has 4 N–H and O–H groups in total. The van der Waals surface area contributed by atoms with Crippen LogP contribution in [0.3, 0.4) is 0 Å². The van der Waals surface area contributed by atoms with E-state index < -0.39 is 0 Å². The third kappa shape index (κ3) is 3.26. The van der Waals surface area contributed by atoms with Crippen LogP contribution in [0.1, 0.15) is 31.4 Å². The standard InChI is InChI=1S/C18H22N8/c1-26-13-2-3-14(26)5-11(4-13)24-16-6-17(23-9-15(16)20)25-18-10-21-12(7-19)8-22-18/h6,8-11,13-14H,2-5,20H2,1H3,(H2,22,23,24,25). The molecule has 0 radical (unpaired) electrons. The van der Waals surface area contributed by atoms with Gasteiger partial charge in [-0.05, 0) is 32.7 Å². The Kier molecular flexibility index (Phi) is 4.31. The van der Waals surface area contributed by atoms with Gasteiger partial charge in [0.2, 0.25) is 0 Å². The minimum absolute atomic E-state index is 0.278. The molecule has 0 amide bonds. The zero-order chi connectivity index (χ0) is 18.1. The van der Waals surface area contributed by atoms with Crippen LogP contribution in [0.4, 0.5) is 23.0 Å². The van der Waals surface area contributed by atoms with Crippen LogP contribution >= 0.6 is 0 Å². The summed E-state index contributed by atoms with van der Waals surface area (Å²) in [6.45, 7) is 0. The summed E-state index contributed by atoms with van der Waals surface area (Å²) in [5.41, 5.74) is 7.92. The number of nitrogens with two attached hydrogens (primary N) is 1. The number of nitriles is 1. The Morgan fingerprint density at radius 1 is 1.12 bits per heavy atom. The van der Waals surface area contributed by atoms with Crippen molar-refractivity contribution in [3.05, 3.63) is 30.4 Å². The maximum absolute atomic E-state index is 8.79. The number of hydrogen-bond donors (Lipinski definition) is 3. The first-order valence-corrected chi connectivity index (χ1v) is 8.85. The van der Waals surface area contributed by atoms with Gasteiger partial charge in [-0.3, -0.25) is 0 Å². The van der Waals surface area contributed by atoms with Crippen molar-refractivity contribution >= 4 is 23.0 Å². The van der Waals surface area contributed by atoms with Crippen molar-refractivity contribution in [3.8, 4) is 6.07 Å². The lowest BCUT2D eigenvalue weighted by Crippen LogP contribution is -2.44. The van der Waals surface area contributed by atoms with Crippen molar-refractivity contribution in [2.45, 2.75) is 43.8 Å². The summed E-state index contributed by atoms with van der Waals surface area (Å²) in [6, 6.07) is 5.61. The van der Waals surface area contributed by atoms with Gasteiger partial charge in [0.25, 0.3) is 0 Å². The largest absolute Gasteiger partial charge is 0.396 e. The van der Waals surface area contributed by atoms with Gasteiger partial charge in [0, 0.05) is 24.2 Å². The van der Waals surface area contributed by atoms with Gasteiger partial charge in [0.05, 0.1) is 30.0 Å². The molecule has 2 unspecified atom stereocenters. The number of nitrogens with one attached hydrogen (secondary N) is 2. The first-order valence-electron chi connectivity index (χ1n) is 8.85. The first-order chi connectivity index (χ1) is 12.6. The zero-order valence-electron chi connectivity index (χ0n) is 14.7. The van der Waals surface area contributed by atoms with Gasteiger partial charge in [-0.25, -0.2) is 15.0 Å². The van der Waals surface area contributed by atoms with E-state index in [2.05, 4.69) is 37.5 Å². The lowest BCUT2D eigenvalue weighted by molar-refractivity contribution is 0.169. The number of pyridine rings is 1. The van der Waals surface area contributed by atoms with Crippen molar-refractivity contribution < 1.29 is 0 Å². The Bertz CT molecular complexity index is 814. The van der Waals surface area contributed by atoms with E-state index in [1.165, 1.54) is 25.2 Å². The number of hydrogen-bond acceptors (Lipinski definition) is 8. The van der Waals surface area contributed by atoms with Crippen LogP contribution in [0, 0.1) is 11.3 Å². The molecule has 4 heterocycles. The molecule has 2 saturated heterocycles. The lowest BCUT2D eigenvalue weighted by atomic mass is 9.97. The molecule has 2 aliphatic rings. The maximum atomic E-state index is 8.79. The van der Waals surface area contributed by atoms with Crippen molar-refractivity contribution in [1.29, 1.82) is 5.26 Å². The number of nitrogens with zero attached hydrogens (tertiary/aromatic N) is 5. The molecule has 26 heavy (non-hydrogen) atoms. The summed E-state index contributed by atoms with van der Waals surface area (Å²) in [5, 5.41) is 15.5. The highest BCUT2D eigenvalue weighted by molar-refractivity contribution is 5.70. The molecule has 0 aromatic carbocycles. The molecule has 2 aliphatic heterocycles. The van der Waals surface area contributed by atoms with Gasteiger partial charge in [0.1, 0.15) is 17.7 Å². The van der Waals surface area contributed by atoms with E-state index in [-0.39, 0.29) is 5.69 Å². The normalized spacial score (nSPS) is 24.8. The van der Waals surface area contributed by atoms with Crippen LogP contribution in [0.5, 0.6) is 0 Å². The second-order valence-corrected chi connectivity index (χ2v) is 7.04.